The molecule has 6 heteroatoms. The van der Waals surface area contributed by atoms with Crippen LogP contribution in [0.4, 0.5) is 15.1 Å². The fourth-order valence-corrected chi connectivity index (χ4v) is 2.07. The zero-order chi connectivity index (χ0) is 13.1. The fraction of sp³-hybridized carbons (Fsp3) is 0. The quantitative estimate of drug-likeness (QED) is 0.815. The molecule has 0 saturated carbocycles. The second kappa shape index (κ2) is 4.85. The number of nitrogens with two attached hydrogens (primary N) is 1. The molecule has 2 rings (SSSR count). The molecule has 0 unspecified atom stereocenters. The average molecular weight is 261 g/mol. The Bertz CT molecular complexity index is 645. The molecular formula is C12H8FN3OS. The predicted octanol–water partition coefficient (Wildman–Crippen LogP) is 2.59. The first-order valence-electron chi connectivity index (χ1n) is 4.96. The molecule has 0 spiro atoms. The maximum Gasteiger partial charge on any atom is 0.256 e. The number of nitrogens with one attached hydrogen (secondary N) is 1. The Balaban J connectivity index is 2.23. The lowest BCUT2D eigenvalue weighted by molar-refractivity contribution is 0.102. The SMILES string of the molecule is N#Cc1ccsc1NC(=O)c1ccc(N)c(F)c1. The molecule has 0 atom stereocenters. The Kier molecular flexibility index (Phi) is 3.26. The van der Waals surface area contributed by atoms with Gasteiger partial charge < -0.3 is 11.1 Å². The summed E-state index contributed by atoms with van der Waals surface area (Å²) in [5.41, 5.74) is 5.84. The number of benzene rings is 1. The normalized spacial score (nSPS) is 9.78. The van der Waals surface area contributed by atoms with E-state index in [1.54, 1.807) is 11.4 Å². The van der Waals surface area contributed by atoms with E-state index in [-0.39, 0.29) is 11.3 Å². The van der Waals surface area contributed by atoms with Crippen molar-refractivity contribution >= 4 is 27.9 Å². The highest BCUT2D eigenvalue weighted by Crippen LogP contribution is 2.23. The summed E-state index contributed by atoms with van der Waals surface area (Å²) in [4.78, 5) is 11.8. The van der Waals surface area contributed by atoms with Crippen molar-refractivity contribution in [3.63, 3.8) is 0 Å². The van der Waals surface area contributed by atoms with Gasteiger partial charge in [-0.05, 0) is 29.6 Å². The van der Waals surface area contributed by atoms with Crippen LogP contribution in [-0.2, 0) is 0 Å². The molecule has 2 aromatic rings. The minimum Gasteiger partial charge on any atom is -0.396 e. The van der Waals surface area contributed by atoms with Crippen LogP contribution in [0.3, 0.4) is 0 Å². The van der Waals surface area contributed by atoms with Crippen LogP contribution in [0.15, 0.2) is 29.6 Å². The zero-order valence-corrected chi connectivity index (χ0v) is 9.92. The summed E-state index contributed by atoms with van der Waals surface area (Å²) in [7, 11) is 0. The molecule has 1 heterocycles. The summed E-state index contributed by atoms with van der Waals surface area (Å²) in [6.07, 6.45) is 0. The summed E-state index contributed by atoms with van der Waals surface area (Å²) >= 11 is 1.23. The van der Waals surface area contributed by atoms with Crippen molar-refractivity contribution in [2.24, 2.45) is 0 Å². The molecule has 1 aromatic heterocycles. The van der Waals surface area contributed by atoms with E-state index in [2.05, 4.69) is 5.32 Å². The van der Waals surface area contributed by atoms with Crippen LogP contribution < -0.4 is 11.1 Å². The largest absolute Gasteiger partial charge is 0.396 e. The summed E-state index contributed by atoms with van der Waals surface area (Å²) in [5.74, 6) is -1.12. The third-order valence-corrected chi connectivity index (χ3v) is 3.11. The first kappa shape index (κ1) is 12.1. The van der Waals surface area contributed by atoms with Gasteiger partial charge in [0.15, 0.2) is 0 Å². The van der Waals surface area contributed by atoms with Gasteiger partial charge in [-0.1, -0.05) is 0 Å². The monoisotopic (exact) mass is 261 g/mol. The Labute approximate surface area is 106 Å². The number of halogens is 1. The predicted molar refractivity (Wildman–Crippen MR) is 67.8 cm³/mol. The molecule has 0 aliphatic heterocycles. The number of hydrogen-bond acceptors (Lipinski definition) is 4. The topological polar surface area (TPSA) is 78.9 Å². The Morgan fingerprint density at radius 3 is 2.89 bits per heavy atom. The van der Waals surface area contributed by atoms with E-state index in [1.807, 2.05) is 6.07 Å². The van der Waals surface area contributed by atoms with E-state index in [1.165, 1.54) is 23.5 Å². The molecule has 0 aliphatic carbocycles. The molecule has 18 heavy (non-hydrogen) atoms. The van der Waals surface area contributed by atoms with Crippen molar-refractivity contribution in [2.75, 3.05) is 11.1 Å². The third kappa shape index (κ3) is 2.31. The molecule has 0 bridgehead atoms. The molecule has 0 fully saturated rings. The zero-order valence-electron chi connectivity index (χ0n) is 9.11. The van der Waals surface area contributed by atoms with Gasteiger partial charge >= 0.3 is 0 Å². The smallest absolute Gasteiger partial charge is 0.256 e. The van der Waals surface area contributed by atoms with Gasteiger partial charge in [-0.15, -0.1) is 11.3 Å². The number of thiophene rings is 1. The van der Waals surface area contributed by atoms with Gasteiger partial charge in [0.05, 0.1) is 11.3 Å². The lowest BCUT2D eigenvalue weighted by atomic mass is 10.2. The summed E-state index contributed by atoms with van der Waals surface area (Å²) in [6.45, 7) is 0. The number of amides is 1. The molecule has 0 saturated heterocycles. The minimum absolute atomic E-state index is 0.0135. The van der Waals surface area contributed by atoms with E-state index < -0.39 is 11.7 Å². The standard InChI is InChI=1S/C12H8FN3OS/c13-9-5-7(1-2-10(9)15)11(17)16-12-8(6-14)3-4-18-12/h1-5H,15H2,(H,16,17). The third-order valence-electron chi connectivity index (χ3n) is 2.28. The highest BCUT2D eigenvalue weighted by Gasteiger charge is 2.11. The van der Waals surface area contributed by atoms with E-state index in [9.17, 15) is 9.18 Å². The van der Waals surface area contributed by atoms with Gasteiger partial charge in [-0.2, -0.15) is 5.26 Å². The Morgan fingerprint density at radius 1 is 1.44 bits per heavy atom. The Hall–Kier alpha value is -2.39. The van der Waals surface area contributed by atoms with Gasteiger partial charge in [-0.25, -0.2) is 4.39 Å². The van der Waals surface area contributed by atoms with Gasteiger partial charge in [0.25, 0.3) is 5.91 Å². The van der Waals surface area contributed by atoms with Gasteiger partial charge in [0.1, 0.15) is 16.9 Å². The number of anilines is 2. The fourth-order valence-electron chi connectivity index (χ4n) is 1.34. The molecule has 1 amide bonds. The van der Waals surface area contributed by atoms with Crippen molar-refractivity contribution in [1.29, 1.82) is 5.26 Å². The van der Waals surface area contributed by atoms with Crippen molar-refractivity contribution in [2.45, 2.75) is 0 Å². The lowest BCUT2D eigenvalue weighted by Gasteiger charge is -2.04. The van der Waals surface area contributed by atoms with Crippen LogP contribution in [0, 0.1) is 17.1 Å². The average Bonchev–Trinajstić information content (AvgIpc) is 2.79. The van der Waals surface area contributed by atoms with Crippen LogP contribution in [0.2, 0.25) is 0 Å². The molecule has 0 aliphatic rings. The number of nitrogens with zero attached hydrogens (tertiary/aromatic N) is 1. The van der Waals surface area contributed by atoms with Crippen LogP contribution in [-0.4, -0.2) is 5.91 Å². The van der Waals surface area contributed by atoms with Crippen LogP contribution in [0.25, 0.3) is 0 Å². The Morgan fingerprint density at radius 2 is 2.22 bits per heavy atom. The van der Waals surface area contributed by atoms with E-state index in [0.717, 1.165) is 6.07 Å². The molecule has 3 N–H and O–H groups in total. The second-order valence-corrected chi connectivity index (χ2v) is 4.38. The molecule has 1 aromatic carbocycles. The van der Waals surface area contributed by atoms with E-state index >= 15 is 0 Å². The number of nitrogen functional groups attached to an aromatic ring is 1. The van der Waals surface area contributed by atoms with Crippen LogP contribution >= 0.6 is 11.3 Å². The van der Waals surface area contributed by atoms with Crippen LogP contribution in [0.1, 0.15) is 15.9 Å². The lowest BCUT2D eigenvalue weighted by Crippen LogP contribution is -2.12. The van der Waals surface area contributed by atoms with Crippen molar-refractivity contribution in [1.82, 2.24) is 0 Å². The minimum atomic E-state index is -0.644. The molecule has 4 nitrogen and oxygen atoms in total. The van der Waals surface area contributed by atoms with Gasteiger partial charge in [0.2, 0.25) is 0 Å². The van der Waals surface area contributed by atoms with Crippen molar-refractivity contribution < 1.29 is 9.18 Å². The summed E-state index contributed by atoms with van der Waals surface area (Å²) in [6, 6.07) is 7.36. The highest BCUT2D eigenvalue weighted by molar-refractivity contribution is 7.14. The van der Waals surface area contributed by atoms with E-state index in [0.29, 0.717) is 10.6 Å². The van der Waals surface area contributed by atoms with E-state index in [4.69, 9.17) is 11.0 Å². The maximum absolute atomic E-state index is 13.2. The van der Waals surface area contributed by atoms with Gasteiger partial charge in [0, 0.05) is 5.56 Å². The summed E-state index contributed by atoms with van der Waals surface area (Å²) in [5, 5.41) is 13.5. The molecule has 0 radical (unpaired) electrons. The first-order chi connectivity index (χ1) is 8.61. The number of carbonyl (C=O) groups excluding carboxylic acids is 1. The summed E-state index contributed by atoms with van der Waals surface area (Å²) < 4.78 is 13.2. The number of carbonyl (C=O) groups is 1. The number of hydrogen-bond donors (Lipinski definition) is 2. The second-order valence-electron chi connectivity index (χ2n) is 3.47. The van der Waals surface area contributed by atoms with Gasteiger partial charge in [-0.3, -0.25) is 4.79 Å². The highest BCUT2D eigenvalue weighted by atomic mass is 32.1. The van der Waals surface area contributed by atoms with Crippen molar-refractivity contribution in [3.8, 4) is 6.07 Å². The first-order valence-corrected chi connectivity index (χ1v) is 5.83. The maximum atomic E-state index is 13.2. The number of rotatable bonds is 2. The van der Waals surface area contributed by atoms with Crippen molar-refractivity contribution in [3.05, 3.63) is 46.6 Å². The molecular weight excluding hydrogens is 253 g/mol. The van der Waals surface area contributed by atoms with Crippen LogP contribution in [0.5, 0.6) is 0 Å². The molecule has 90 valence electrons. The number of nitriles is 1.